The van der Waals surface area contributed by atoms with Crippen LogP contribution < -0.4 is 0 Å². The Morgan fingerprint density at radius 1 is 1.47 bits per heavy atom. The van der Waals surface area contributed by atoms with E-state index >= 15 is 0 Å². The van der Waals surface area contributed by atoms with Crippen LogP contribution >= 0.6 is 0 Å². The maximum absolute atomic E-state index is 12.1. The zero-order valence-electron chi connectivity index (χ0n) is 11.9. The first kappa shape index (κ1) is 15.2. The van der Waals surface area contributed by atoms with Crippen molar-refractivity contribution in [2.24, 2.45) is 0 Å². The van der Waals surface area contributed by atoms with Crippen molar-refractivity contribution in [3.05, 3.63) is 17.8 Å². The smallest absolute Gasteiger partial charge is 0.309 e. The van der Waals surface area contributed by atoms with Gasteiger partial charge < -0.3 is 14.4 Å². The monoisotopic (exact) mass is 268 g/mol. The van der Waals surface area contributed by atoms with Gasteiger partial charge in [-0.15, -0.1) is 0 Å². The third-order valence-electron chi connectivity index (χ3n) is 2.88. The highest BCUT2D eigenvalue weighted by Crippen LogP contribution is 2.23. The van der Waals surface area contributed by atoms with Crippen molar-refractivity contribution in [3.8, 4) is 0 Å². The highest BCUT2D eigenvalue weighted by atomic mass is 16.4. The minimum Gasteiger partial charge on any atom is -0.481 e. The zero-order valence-corrected chi connectivity index (χ0v) is 11.9. The van der Waals surface area contributed by atoms with Crippen LogP contribution in [0.2, 0.25) is 0 Å². The maximum Gasteiger partial charge on any atom is 0.309 e. The summed E-state index contributed by atoms with van der Waals surface area (Å²) in [6.45, 7) is 7.54. The van der Waals surface area contributed by atoms with Gasteiger partial charge in [0.05, 0.1) is 12.6 Å². The number of aliphatic carboxylic acids is 1. The lowest BCUT2D eigenvalue weighted by molar-refractivity contribution is -0.137. The van der Waals surface area contributed by atoms with Crippen LogP contribution in [-0.2, 0) is 10.2 Å². The van der Waals surface area contributed by atoms with Crippen LogP contribution in [0.25, 0.3) is 0 Å². The number of carboxylic acids is 1. The predicted octanol–water partition coefficient (Wildman–Crippen LogP) is 1.91. The summed E-state index contributed by atoms with van der Waals surface area (Å²) in [4.78, 5) is 28.0. The fourth-order valence-corrected chi connectivity index (χ4v) is 1.46. The molecule has 0 spiro atoms. The second-order valence-electron chi connectivity index (χ2n) is 5.64. The van der Waals surface area contributed by atoms with E-state index in [0.717, 1.165) is 0 Å². The number of carbonyl (C=O) groups is 2. The molecule has 1 unspecified atom stereocenters. The quantitative estimate of drug-likeness (QED) is 0.901. The largest absolute Gasteiger partial charge is 0.481 e. The van der Waals surface area contributed by atoms with Gasteiger partial charge in [0.15, 0.2) is 0 Å². The fourth-order valence-electron chi connectivity index (χ4n) is 1.46. The fraction of sp³-hybridized carbons (Fsp3) is 0.615. The molecule has 0 aliphatic carbocycles. The molecule has 0 saturated carbocycles. The van der Waals surface area contributed by atoms with E-state index in [4.69, 9.17) is 9.52 Å². The van der Waals surface area contributed by atoms with E-state index in [0.29, 0.717) is 5.76 Å². The second-order valence-corrected chi connectivity index (χ2v) is 5.64. The van der Waals surface area contributed by atoms with Crippen molar-refractivity contribution in [1.29, 1.82) is 0 Å². The molecule has 0 fully saturated rings. The molecule has 1 atom stereocenters. The summed E-state index contributed by atoms with van der Waals surface area (Å²) in [5.74, 6) is -0.751. The molecule has 0 bridgehead atoms. The van der Waals surface area contributed by atoms with Gasteiger partial charge in [-0.2, -0.15) is 0 Å². The van der Waals surface area contributed by atoms with Crippen LogP contribution in [0, 0.1) is 0 Å². The van der Waals surface area contributed by atoms with Crippen LogP contribution in [-0.4, -0.2) is 40.0 Å². The number of aromatic nitrogens is 1. The average Bonchev–Trinajstić information content (AvgIpc) is 2.74. The molecule has 0 aliphatic rings. The van der Waals surface area contributed by atoms with Crippen molar-refractivity contribution in [2.45, 2.75) is 45.6 Å². The molecule has 0 aliphatic heterocycles. The Balaban J connectivity index is 2.83. The van der Waals surface area contributed by atoms with E-state index in [1.165, 1.54) is 18.1 Å². The van der Waals surface area contributed by atoms with Crippen LogP contribution in [0.4, 0.5) is 0 Å². The number of hydrogen-bond donors (Lipinski definition) is 1. The molecule has 1 rings (SSSR count). The standard InChI is InChI=1S/C13H20N2O4/c1-8(6-10(16)17)15(5)12(18)11-14-7-9(19-11)13(2,3)4/h7-8H,6H2,1-5H3,(H,16,17). The molecule has 1 amide bonds. The van der Waals surface area contributed by atoms with Gasteiger partial charge in [-0.1, -0.05) is 20.8 Å². The highest BCUT2D eigenvalue weighted by molar-refractivity contribution is 5.90. The number of rotatable bonds is 4. The Labute approximate surface area is 112 Å². The van der Waals surface area contributed by atoms with Crippen LogP contribution in [0.1, 0.15) is 50.6 Å². The maximum atomic E-state index is 12.1. The van der Waals surface area contributed by atoms with Gasteiger partial charge >= 0.3 is 11.9 Å². The Hall–Kier alpha value is -1.85. The van der Waals surface area contributed by atoms with Gasteiger partial charge in [0.25, 0.3) is 5.89 Å². The lowest BCUT2D eigenvalue weighted by Gasteiger charge is -2.22. The Morgan fingerprint density at radius 2 is 2.05 bits per heavy atom. The molecule has 106 valence electrons. The number of oxazole rings is 1. The normalized spacial score (nSPS) is 13.1. The van der Waals surface area contributed by atoms with Crippen molar-refractivity contribution >= 4 is 11.9 Å². The van der Waals surface area contributed by atoms with E-state index in [-0.39, 0.29) is 17.7 Å². The SMILES string of the molecule is CC(CC(=O)O)N(C)C(=O)c1ncc(C(C)(C)C)o1. The summed E-state index contributed by atoms with van der Waals surface area (Å²) in [6, 6.07) is -0.421. The van der Waals surface area contributed by atoms with Gasteiger partial charge in [-0.05, 0) is 6.92 Å². The summed E-state index contributed by atoms with van der Waals surface area (Å²) in [5, 5.41) is 8.72. The van der Waals surface area contributed by atoms with Crippen LogP contribution in [0.5, 0.6) is 0 Å². The summed E-state index contributed by atoms with van der Waals surface area (Å²) in [7, 11) is 1.54. The van der Waals surface area contributed by atoms with Gasteiger partial charge in [-0.25, -0.2) is 4.98 Å². The molecular formula is C13H20N2O4. The van der Waals surface area contributed by atoms with E-state index < -0.39 is 17.9 Å². The van der Waals surface area contributed by atoms with E-state index in [1.807, 2.05) is 20.8 Å². The molecule has 1 heterocycles. The number of nitrogens with zero attached hydrogens (tertiary/aromatic N) is 2. The number of carboxylic acid groups (broad SMARTS) is 1. The van der Waals surface area contributed by atoms with Crippen molar-refractivity contribution < 1.29 is 19.1 Å². The van der Waals surface area contributed by atoms with Crippen molar-refractivity contribution in [3.63, 3.8) is 0 Å². The first-order valence-electron chi connectivity index (χ1n) is 6.08. The van der Waals surface area contributed by atoms with Crippen molar-refractivity contribution in [2.75, 3.05) is 7.05 Å². The molecule has 19 heavy (non-hydrogen) atoms. The third-order valence-corrected chi connectivity index (χ3v) is 2.88. The predicted molar refractivity (Wildman–Crippen MR) is 69.0 cm³/mol. The van der Waals surface area contributed by atoms with E-state index in [9.17, 15) is 9.59 Å². The molecule has 1 aromatic rings. The summed E-state index contributed by atoms with van der Waals surface area (Å²) >= 11 is 0. The number of carbonyl (C=O) groups excluding carboxylic acids is 1. The van der Waals surface area contributed by atoms with Crippen molar-refractivity contribution in [1.82, 2.24) is 9.88 Å². The van der Waals surface area contributed by atoms with Gasteiger partial charge in [0.1, 0.15) is 5.76 Å². The minimum absolute atomic E-state index is 0.00957. The number of amides is 1. The Bertz CT molecular complexity index is 473. The Morgan fingerprint density at radius 3 is 2.47 bits per heavy atom. The summed E-state index contributed by atoms with van der Waals surface area (Å²) in [6.07, 6.45) is 1.41. The minimum atomic E-state index is -0.949. The van der Waals surface area contributed by atoms with Crippen LogP contribution in [0.3, 0.4) is 0 Å². The lowest BCUT2D eigenvalue weighted by atomic mass is 9.94. The van der Waals surface area contributed by atoms with Gasteiger partial charge in [0, 0.05) is 18.5 Å². The number of hydrogen-bond acceptors (Lipinski definition) is 4. The van der Waals surface area contributed by atoms with E-state index in [2.05, 4.69) is 4.98 Å². The average molecular weight is 268 g/mol. The summed E-state index contributed by atoms with van der Waals surface area (Å²) < 4.78 is 5.44. The Kier molecular flexibility index (Phi) is 4.34. The molecule has 0 aromatic carbocycles. The third kappa shape index (κ3) is 3.81. The van der Waals surface area contributed by atoms with Crippen LogP contribution in [0.15, 0.2) is 10.6 Å². The lowest BCUT2D eigenvalue weighted by Crippen LogP contribution is -2.36. The summed E-state index contributed by atoms with van der Waals surface area (Å²) in [5.41, 5.74) is -0.225. The topological polar surface area (TPSA) is 83.6 Å². The molecule has 1 N–H and O–H groups in total. The second kappa shape index (κ2) is 5.42. The molecule has 0 saturated heterocycles. The molecular weight excluding hydrogens is 248 g/mol. The molecule has 6 nitrogen and oxygen atoms in total. The first-order chi connectivity index (χ1) is 8.62. The van der Waals surface area contributed by atoms with Gasteiger partial charge in [-0.3, -0.25) is 9.59 Å². The van der Waals surface area contributed by atoms with E-state index in [1.54, 1.807) is 6.92 Å². The first-order valence-corrected chi connectivity index (χ1v) is 6.08. The zero-order chi connectivity index (χ0) is 14.8. The highest BCUT2D eigenvalue weighted by Gasteiger charge is 2.26. The van der Waals surface area contributed by atoms with Gasteiger partial charge in [0.2, 0.25) is 0 Å². The molecule has 1 aromatic heterocycles. The molecule has 0 radical (unpaired) electrons. The molecule has 6 heteroatoms.